The van der Waals surface area contributed by atoms with Gasteiger partial charge >= 0.3 is 0 Å². The van der Waals surface area contributed by atoms with E-state index in [9.17, 15) is 4.79 Å². The van der Waals surface area contributed by atoms with Gasteiger partial charge in [0, 0.05) is 11.1 Å². The fourth-order valence-corrected chi connectivity index (χ4v) is 2.53. The Hall–Kier alpha value is -2.39. The van der Waals surface area contributed by atoms with Crippen LogP contribution in [0.1, 0.15) is 6.92 Å². The molecule has 6 heteroatoms. The fourth-order valence-electron chi connectivity index (χ4n) is 1.67. The molecule has 5 nitrogen and oxygen atoms in total. The molecule has 100 valence electrons. The van der Waals surface area contributed by atoms with Gasteiger partial charge in [-0.1, -0.05) is 30.0 Å². The van der Waals surface area contributed by atoms with Crippen molar-refractivity contribution in [3.63, 3.8) is 0 Å². The predicted octanol–water partition coefficient (Wildman–Crippen LogP) is 2.05. The highest BCUT2D eigenvalue weighted by atomic mass is 32.2. The van der Waals surface area contributed by atoms with Crippen molar-refractivity contribution in [2.24, 2.45) is 5.73 Å². The number of para-hydroxylation sites is 1. The number of rotatable bonds is 4. The molecule has 0 aliphatic rings. The molecule has 1 aromatic carbocycles. The standard InChI is InChI=1S/C14H12N4OS/c1-9(16)11(6-15)13(19)7-20-14-10-4-2-3-5-12(10)17-8-18-14/h2-5,8H,7,16H2,1H3/b11-9-. The molecule has 0 aliphatic heterocycles. The predicted molar refractivity (Wildman–Crippen MR) is 77.8 cm³/mol. The van der Waals surface area contributed by atoms with Crippen LogP contribution in [-0.4, -0.2) is 21.5 Å². The van der Waals surface area contributed by atoms with E-state index in [0.29, 0.717) is 0 Å². The third kappa shape index (κ3) is 2.95. The Morgan fingerprint density at radius 3 is 2.85 bits per heavy atom. The number of aromatic nitrogens is 2. The summed E-state index contributed by atoms with van der Waals surface area (Å²) in [4.78, 5) is 20.2. The minimum absolute atomic E-state index is 0.0101. The second-order valence-electron chi connectivity index (χ2n) is 4.08. The molecule has 0 unspecified atom stereocenters. The molecule has 1 aromatic heterocycles. The largest absolute Gasteiger partial charge is 0.401 e. The van der Waals surface area contributed by atoms with E-state index in [1.54, 1.807) is 6.92 Å². The molecule has 0 amide bonds. The molecule has 1 heterocycles. The number of ketones is 1. The van der Waals surface area contributed by atoms with Crippen LogP contribution in [0.4, 0.5) is 0 Å². The van der Waals surface area contributed by atoms with Crippen LogP contribution < -0.4 is 5.73 Å². The third-order valence-corrected chi connectivity index (χ3v) is 3.64. The van der Waals surface area contributed by atoms with E-state index in [-0.39, 0.29) is 22.8 Å². The second kappa shape index (κ2) is 6.17. The number of thioether (sulfide) groups is 1. The molecule has 2 N–H and O–H groups in total. The summed E-state index contributed by atoms with van der Waals surface area (Å²) in [6.07, 6.45) is 1.46. The lowest BCUT2D eigenvalue weighted by Gasteiger charge is -2.04. The van der Waals surface area contributed by atoms with Crippen molar-refractivity contribution in [1.82, 2.24) is 9.97 Å². The summed E-state index contributed by atoms with van der Waals surface area (Å²) in [7, 11) is 0. The molecule has 0 radical (unpaired) electrons. The number of carbonyl (C=O) groups excluding carboxylic acids is 1. The Morgan fingerprint density at radius 1 is 1.40 bits per heavy atom. The number of nitriles is 1. The van der Waals surface area contributed by atoms with E-state index < -0.39 is 0 Å². The quantitative estimate of drug-likeness (QED) is 0.400. The number of allylic oxidation sites excluding steroid dienone is 2. The average Bonchev–Trinajstić information content (AvgIpc) is 2.45. The zero-order valence-electron chi connectivity index (χ0n) is 10.8. The first-order chi connectivity index (χ1) is 9.63. The van der Waals surface area contributed by atoms with Crippen molar-refractivity contribution in [1.29, 1.82) is 5.26 Å². The number of carbonyl (C=O) groups is 1. The van der Waals surface area contributed by atoms with Gasteiger partial charge in [0.1, 0.15) is 23.0 Å². The van der Waals surface area contributed by atoms with Crippen LogP contribution in [-0.2, 0) is 4.79 Å². The van der Waals surface area contributed by atoms with Crippen molar-refractivity contribution < 1.29 is 4.79 Å². The Bertz CT molecular complexity index is 724. The van der Waals surface area contributed by atoms with Gasteiger partial charge < -0.3 is 5.73 Å². The maximum atomic E-state index is 11.9. The number of hydrogen-bond donors (Lipinski definition) is 1. The lowest BCUT2D eigenvalue weighted by atomic mass is 10.2. The minimum Gasteiger partial charge on any atom is -0.401 e. The van der Waals surface area contributed by atoms with Gasteiger partial charge in [0.25, 0.3) is 0 Å². The van der Waals surface area contributed by atoms with Crippen LogP contribution in [0.3, 0.4) is 0 Å². The van der Waals surface area contributed by atoms with E-state index in [0.717, 1.165) is 15.9 Å². The monoisotopic (exact) mass is 284 g/mol. The molecule has 0 aliphatic carbocycles. The fraction of sp³-hybridized carbons (Fsp3) is 0.143. The summed E-state index contributed by atoms with van der Waals surface area (Å²) >= 11 is 1.28. The lowest BCUT2D eigenvalue weighted by molar-refractivity contribution is -0.112. The van der Waals surface area contributed by atoms with Crippen LogP contribution in [0.5, 0.6) is 0 Å². The zero-order valence-corrected chi connectivity index (χ0v) is 11.6. The maximum Gasteiger partial charge on any atom is 0.185 e. The van der Waals surface area contributed by atoms with E-state index in [1.807, 2.05) is 30.3 Å². The Kier molecular flexibility index (Phi) is 4.33. The lowest BCUT2D eigenvalue weighted by Crippen LogP contribution is -2.10. The van der Waals surface area contributed by atoms with Gasteiger partial charge in [-0.25, -0.2) is 9.97 Å². The van der Waals surface area contributed by atoms with Crippen molar-refractivity contribution in [2.75, 3.05) is 5.75 Å². The molecule has 0 spiro atoms. The summed E-state index contributed by atoms with van der Waals surface area (Å²) in [5.41, 5.74) is 6.58. The van der Waals surface area contributed by atoms with Gasteiger partial charge in [-0.3, -0.25) is 4.79 Å². The molecule has 2 rings (SSSR count). The third-order valence-electron chi connectivity index (χ3n) is 2.63. The highest BCUT2D eigenvalue weighted by molar-refractivity contribution is 8.00. The molecular formula is C14H12N4OS. The number of benzene rings is 1. The van der Waals surface area contributed by atoms with E-state index >= 15 is 0 Å². The topological polar surface area (TPSA) is 92.7 Å². The summed E-state index contributed by atoms with van der Waals surface area (Å²) in [6, 6.07) is 9.40. The summed E-state index contributed by atoms with van der Waals surface area (Å²) < 4.78 is 0. The SMILES string of the molecule is C/C(N)=C(\C#N)C(=O)CSc1ncnc2ccccc12. The molecular weight excluding hydrogens is 272 g/mol. The second-order valence-corrected chi connectivity index (χ2v) is 5.04. The van der Waals surface area contributed by atoms with Gasteiger partial charge in [-0.2, -0.15) is 5.26 Å². The van der Waals surface area contributed by atoms with Gasteiger partial charge in [0.15, 0.2) is 5.78 Å². The van der Waals surface area contributed by atoms with E-state index in [1.165, 1.54) is 18.1 Å². The Labute approximate surface area is 120 Å². The number of Topliss-reactive ketones (excluding diaryl/α,β-unsaturated/α-hetero) is 1. The molecule has 0 fully saturated rings. The maximum absolute atomic E-state index is 11.9. The van der Waals surface area contributed by atoms with Crippen molar-refractivity contribution >= 4 is 28.4 Å². The molecule has 0 bridgehead atoms. The van der Waals surface area contributed by atoms with Crippen molar-refractivity contribution in [3.05, 3.63) is 41.9 Å². The van der Waals surface area contributed by atoms with Crippen LogP contribution in [0.25, 0.3) is 10.9 Å². The summed E-state index contributed by atoms with van der Waals surface area (Å²) in [6.45, 7) is 1.54. The molecule has 0 saturated heterocycles. The zero-order chi connectivity index (χ0) is 14.5. The number of fused-ring (bicyclic) bond motifs is 1. The van der Waals surface area contributed by atoms with Crippen LogP contribution in [0, 0.1) is 11.3 Å². The summed E-state index contributed by atoms with van der Waals surface area (Å²) in [5, 5.41) is 10.5. The van der Waals surface area contributed by atoms with Gasteiger partial charge in [-0.15, -0.1) is 0 Å². The average molecular weight is 284 g/mol. The normalized spacial score (nSPS) is 11.8. The summed E-state index contributed by atoms with van der Waals surface area (Å²) in [5.74, 6) is -0.168. The van der Waals surface area contributed by atoms with Crippen molar-refractivity contribution in [3.8, 4) is 6.07 Å². The van der Waals surface area contributed by atoms with Crippen LogP contribution in [0.15, 0.2) is 46.9 Å². The van der Waals surface area contributed by atoms with E-state index in [4.69, 9.17) is 11.0 Å². The molecule has 0 saturated carbocycles. The van der Waals surface area contributed by atoms with Gasteiger partial charge in [0.05, 0.1) is 11.3 Å². The number of nitrogens with two attached hydrogens (primary N) is 1. The first-order valence-corrected chi connectivity index (χ1v) is 6.84. The molecule has 2 aromatic rings. The van der Waals surface area contributed by atoms with Crippen LogP contribution >= 0.6 is 11.8 Å². The van der Waals surface area contributed by atoms with Crippen molar-refractivity contribution in [2.45, 2.75) is 11.9 Å². The van der Waals surface area contributed by atoms with Gasteiger partial charge in [0.2, 0.25) is 0 Å². The first-order valence-electron chi connectivity index (χ1n) is 5.85. The highest BCUT2D eigenvalue weighted by Gasteiger charge is 2.13. The smallest absolute Gasteiger partial charge is 0.185 e. The number of hydrogen-bond acceptors (Lipinski definition) is 6. The minimum atomic E-state index is -0.291. The van der Waals surface area contributed by atoms with Crippen LogP contribution in [0.2, 0.25) is 0 Å². The van der Waals surface area contributed by atoms with Gasteiger partial charge in [-0.05, 0) is 13.0 Å². The van der Waals surface area contributed by atoms with E-state index in [2.05, 4.69) is 9.97 Å². The Morgan fingerprint density at radius 2 is 2.15 bits per heavy atom. The molecule has 0 atom stereocenters. The molecule has 20 heavy (non-hydrogen) atoms. The Balaban J connectivity index is 2.21. The highest BCUT2D eigenvalue weighted by Crippen LogP contribution is 2.24. The number of nitrogens with zero attached hydrogens (tertiary/aromatic N) is 3. The first kappa shape index (κ1) is 14.0.